The highest BCUT2D eigenvalue weighted by Gasteiger charge is 2.02. The zero-order valence-corrected chi connectivity index (χ0v) is 7.51. The van der Waals surface area contributed by atoms with Gasteiger partial charge in [0.1, 0.15) is 0 Å². The molecule has 0 radical (unpaired) electrons. The molecule has 0 saturated carbocycles. The van der Waals surface area contributed by atoms with E-state index in [0.29, 0.717) is 5.78 Å². The van der Waals surface area contributed by atoms with Gasteiger partial charge in [-0.05, 0) is 0 Å². The van der Waals surface area contributed by atoms with Gasteiger partial charge in [0.2, 0.25) is 5.78 Å². The fraction of sp³-hybridized carbons (Fsp3) is 0.250. The number of imidazole rings is 1. The van der Waals surface area contributed by atoms with Crippen molar-refractivity contribution in [2.75, 3.05) is 19.1 Å². The molecule has 0 bridgehead atoms. The Bertz CT molecular complexity index is 482. The molecule has 2 aromatic rings. The summed E-state index contributed by atoms with van der Waals surface area (Å²) in [6.07, 6.45) is 4.96. The Labute approximate surface area is 74.8 Å². The summed E-state index contributed by atoms with van der Waals surface area (Å²) in [5, 5.41) is 1.85. The summed E-state index contributed by atoms with van der Waals surface area (Å²) in [5.41, 5.74) is -0.0643. The van der Waals surface area contributed by atoms with Crippen molar-refractivity contribution in [3.8, 4) is 0 Å². The second-order valence-electron chi connectivity index (χ2n) is 2.94. The van der Waals surface area contributed by atoms with E-state index < -0.39 is 0 Å². The minimum atomic E-state index is -0.0643. The molecule has 0 unspecified atom stereocenters. The first-order chi connectivity index (χ1) is 6.20. The third-order valence-corrected chi connectivity index (χ3v) is 1.85. The highest BCUT2D eigenvalue weighted by molar-refractivity contribution is 5.30. The molecule has 13 heavy (non-hydrogen) atoms. The van der Waals surface area contributed by atoms with Gasteiger partial charge >= 0.3 is 0 Å². The first-order valence-corrected chi connectivity index (χ1v) is 3.92. The zero-order valence-electron chi connectivity index (χ0n) is 7.51. The average Bonchev–Trinajstić information content (AvgIpc) is 2.53. The molecule has 0 saturated heterocycles. The van der Waals surface area contributed by atoms with Crippen molar-refractivity contribution in [3.63, 3.8) is 0 Å². The van der Waals surface area contributed by atoms with Crippen molar-refractivity contribution in [1.29, 1.82) is 0 Å². The van der Waals surface area contributed by atoms with E-state index in [9.17, 15) is 4.79 Å². The molecule has 0 aliphatic carbocycles. The molecule has 5 nitrogen and oxygen atoms in total. The van der Waals surface area contributed by atoms with E-state index >= 15 is 0 Å². The number of hydrogen-bond donors (Lipinski definition) is 0. The number of fused-ring (bicyclic) bond motifs is 1. The summed E-state index contributed by atoms with van der Waals surface area (Å²) in [4.78, 5) is 15.4. The van der Waals surface area contributed by atoms with Crippen LogP contribution in [-0.2, 0) is 0 Å². The Morgan fingerprint density at radius 1 is 1.38 bits per heavy atom. The van der Waals surface area contributed by atoms with Gasteiger partial charge in [0.15, 0.2) is 0 Å². The average molecular weight is 178 g/mol. The van der Waals surface area contributed by atoms with Gasteiger partial charge in [-0.15, -0.1) is 0 Å². The Kier molecular flexibility index (Phi) is 1.58. The summed E-state index contributed by atoms with van der Waals surface area (Å²) in [5.74, 6) is 0.623. The Morgan fingerprint density at radius 3 is 2.85 bits per heavy atom. The Hall–Kier alpha value is -1.78. The van der Waals surface area contributed by atoms with Crippen molar-refractivity contribution < 1.29 is 0 Å². The molecule has 2 rings (SSSR count). The lowest BCUT2D eigenvalue weighted by Gasteiger charge is -2.16. The van der Waals surface area contributed by atoms with E-state index in [1.165, 1.54) is 10.5 Å². The second-order valence-corrected chi connectivity index (χ2v) is 2.94. The summed E-state index contributed by atoms with van der Waals surface area (Å²) in [6.45, 7) is 0. The molecular weight excluding hydrogens is 168 g/mol. The van der Waals surface area contributed by atoms with Gasteiger partial charge in [-0.25, -0.2) is 9.66 Å². The molecule has 0 amide bonds. The normalized spacial score (nSPS) is 10.6. The van der Waals surface area contributed by atoms with Crippen molar-refractivity contribution in [2.45, 2.75) is 0 Å². The van der Waals surface area contributed by atoms with Gasteiger partial charge in [-0.1, -0.05) is 0 Å². The van der Waals surface area contributed by atoms with E-state index in [1.807, 2.05) is 19.1 Å². The first-order valence-electron chi connectivity index (χ1n) is 3.92. The highest BCUT2D eigenvalue weighted by atomic mass is 16.1. The third-order valence-electron chi connectivity index (χ3n) is 1.85. The maximum Gasteiger partial charge on any atom is 0.259 e. The number of nitrogens with zero attached hydrogens (tertiary/aromatic N) is 4. The van der Waals surface area contributed by atoms with Crippen LogP contribution in [0.25, 0.3) is 5.78 Å². The first kappa shape index (κ1) is 7.85. The second kappa shape index (κ2) is 2.62. The van der Waals surface area contributed by atoms with E-state index in [0.717, 1.165) is 0 Å². The van der Waals surface area contributed by atoms with E-state index in [1.54, 1.807) is 23.3 Å². The van der Waals surface area contributed by atoms with E-state index in [2.05, 4.69) is 4.98 Å². The Morgan fingerprint density at radius 2 is 2.15 bits per heavy atom. The van der Waals surface area contributed by atoms with Gasteiger partial charge in [0, 0.05) is 38.8 Å². The zero-order chi connectivity index (χ0) is 9.42. The molecule has 0 N–H and O–H groups in total. The predicted octanol–water partition coefficient (Wildman–Crippen LogP) is -0.306. The van der Waals surface area contributed by atoms with Crippen LogP contribution in [0.15, 0.2) is 29.5 Å². The molecule has 0 atom stereocenters. The van der Waals surface area contributed by atoms with Crippen molar-refractivity contribution >= 4 is 5.78 Å². The maximum absolute atomic E-state index is 11.3. The minimum absolute atomic E-state index is 0.0643. The van der Waals surface area contributed by atoms with Gasteiger partial charge in [-0.2, -0.15) is 0 Å². The van der Waals surface area contributed by atoms with Crippen LogP contribution in [0.2, 0.25) is 0 Å². The summed E-state index contributed by atoms with van der Waals surface area (Å²) in [6, 6.07) is 1.51. The molecule has 0 fully saturated rings. The van der Waals surface area contributed by atoms with Crippen molar-refractivity contribution in [2.24, 2.45) is 0 Å². The van der Waals surface area contributed by atoms with Crippen molar-refractivity contribution in [3.05, 3.63) is 35.0 Å². The molecule has 2 aromatic heterocycles. The number of hydrogen-bond acceptors (Lipinski definition) is 3. The van der Waals surface area contributed by atoms with Crippen molar-refractivity contribution in [1.82, 2.24) is 14.1 Å². The van der Waals surface area contributed by atoms with Gasteiger partial charge < -0.3 is 5.01 Å². The molecule has 0 aliphatic heterocycles. The van der Waals surface area contributed by atoms with E-state index in [-0.39, 0.29) is 5.56 Å². The van der Waals surface area contributed by atoms with Crippen LogP contribution in [0.1, 0.15) is 0 Å². The smallest absolute Gasteiger partial charge is 0.259 e. The molecule has 0 spiro atoms. The fourth-order valence-electron chi connectivity index (χ4n) is 1.23. The van der Waals surface area contributed by atoms with Crippen LogP contribution in [0.3, 0.4) is 0 Å². The maximum atomic E-state index is 11.3. The van der Waals surface area contributed by atoms with Crippen LogP contribution in [0.5, 0.6) is 0 Å². The van der Waals surface area contributed by atoms with Crippen LogP contribution in [0.4, 0.5) is 0 Å². The predicted molar refractivity (Wildman–Crippen MR) is 49.5 cm³/mol. The summed E-state index contributed by atoms with van der Waals surface area (Å²) in [7, 11) is 3.78. The molecule has 0 aliphatic rings. The SMILES string of the molecule is CN(C)n1ccc(=O)n2ccnc12. The molecule has 68 valence electrons. The van der Waals surface area contributed by atoms with Gasteiger partial charge in [-0.3, -0.25) is 9.20 Å². The minimum Gasteiger partial charge on any atom is -0.316 e. The van der Waals surface area contributed by atoms with Gasteiger partial charge in [0.05, 0.1) is 0 Å². The molecule has 5 heteroatoms. The van der Waals surface area contributed by atoms with Crippen LogP contribution in [0, 0.1) is 0 Å². The van der Waals surface area contributed by atoms with Crippen LogP contribution < -0.4 is 10.6 Å². The van der Waals surface area contributed by atoms with E-state index in [4.69, 9.17) is 0 Å². The Balaban J connectivity index is 2.86. The van der Waals surface area contributed by atoms with Gasteiger partial charge in [0.25, 0.3) is 5.56 Å². The lowest BCUT2D eigenvalue weighted by atomic mass is 10.6. The highest BCUT2D eigenvalue weighted by Crippen LogP contribution is 1.95. The standard InChI is InChI=1S/C8H10N4O/c1-10(2)12-5-3-7(13)11-6-4-9-8(11)12/h3-6H,1-2H3. The van der Waals surface area contributed by atoms with Crippen LogP contribution in [-0.4, -0.2) is 28.2 Å². The molecule has 2 heterocycles. The summed E-state index contributed by atoms with van der Waals surface area (Å²) < 4.78 is 3.29. The quantitative estimate of drug-likeness (QED) is 0.601. The largest absolute Gasteiger partial charge is 0.316 e. The fourth-order valence-corrected chi connectivity index (χ4v) is 1.23. The molecular formula is C8H10N4O. The third kappa shape index (κ3) is 1.09. The number of aromatic nitrogens is 3. The lowest BCUT2D eigenvalue weighted by Crippen LogP contribution is -2.29. The topological polar surface area (TPSA) is 42.5 Å². The van der Waals surface area contributed by atoms with Crippen LogP contribution >= 0.6 is 0 Å². The number of rotatable bonds is 1. The lowest BCUT2D eigenvalue weighted by molar-refractivity contribution is 0.721. The summed E-state index contributed by atoms with van der Waals surface area (Å²) >= 11 is 0. The molecule has 0 aromatic carbocycles. The monoisotopic (exact) mass is 178 g/mol.